The summed E-state index contributed by atoms with van der Waals surface area (Å²) in [5.74, 6) is 1.37. The first kappa shape index (κ1) is 21.5. The number of carbonyl (C=O) groups is 1. The van der Waals surface area contributed by atoms with Crippen molar-refractivity contribution in [2.75, 3.05) is 13.7 Å². The molecule has 2 atom stereocenters. The van der Waals surface area contributed by atoms with E-state index in [1.165, 1.54) is 0 Å². The summed E-state index contributed by atoms with van der Waals surface area (Å²) in [6.07, 6.45) is 1.61. The Morgan fingerprint density at radius 1 is 1.12 bits per heavy atom. The number of benzene rings is 1. The summed E-state index contributed by atoms with van der Waals surface area (Å²) in [7, 11) is 1.70. The van der Waals surface area contributed by atoms with Crippen LogP contribution in [-0.4, -0.2) is 19.7 Å². The maximum absolute atomic E-state index is 13.2. The maximum Gasteiger partial charge on any atom is 0.312 e. The van der Waals surface area contributed by atoms with Crippen LogP contribution in [-0.2, 0) is 14.9 Å². The van der Waals surface area contributed by atoms with E-state index in [1.807, 2.05) is 25.1 Å². The molecule has 0 spiro atoms. The molecule has 0 amide bonds. The van der Waals surface area contributed by atoms with Gasteiger partial charge in [-0.15, -0.1) is 0 Å². The van der Waals surface area contributed by atoms with E-state index < -0.39 is 5.41 Å². The number of ether oxygens (including phenoxy) is 2. The van der Waals surface area contributed by atoms with Crippen molar-refractivity contribution in [3.63, 3.8) is 0 Å². The van der Waals surface area contributed by atoms with Gasteiger partial charge in [0.1, 0.15) is 5.75 Å². The summed E-state index contributed by atoms with van der Waals surface area (Å²) >= 11 is 0. The highest BCUT2D eigenvalue weighted by Crippen LogP contribution is 2.55. The third-order valence-corrected chi connectivity index (χ3v) is 5.66. The second-order valence-corrected chi connectivity index (χ2v) is 7.83. The zero-order chi connectivity index (χ0) is 19.3. The lowest BCUT2D eigenvalue weighted by molar-refractivity contribution is -0.163. The van der Waals surface area contributed by atoms with Crippen LogP contribution in [0.5, 0.6) is 5.75 Å². The van der Waals surface area contributed by atoms with Gasteiger partial charge in [-0.1, -0.05) is 52.8 Å². The molecule has 25 heavy (non-hydrogen) atoms. The molecule has 0 radical (unpaired) electrons. The van der Waals surface area contributed by atoms with E-state index in [2.05, 4.69) is 47.6 Å². The molecule has 0 fully saturated rings. The molecule has 0 aliphatic carbocycles. The van der Waals surface area contributed by atoms with Crippen molar-refractivity contribution in [1.82, 2.24) is 0 Å². The van der Waals surface area contributed by atoms with Gasteiger partial charge in [0.25, 0.3) is 0 Å². The lowest BCUT2D eigenvalue weighted by Gasteiger charge is -2.51. The van der Waals surface area contributed by atoms with E-state index in [1.54, 1.807) is 7.11 Å². The van der Waals surface area contributed by atoms with Gasteiger partial charge in [-0.25, -0.2) is 0 Å². The first-order valence-corrected chi connectivity index (χ1v) is 9.51. The Labute approximate surface area is 154 Å². The van der Waals surface area contributed by atoms with Gasteiger partial charge in [0, 0.05) is 11.0 Å². The molecule has 2 unspecified atom stereocenters. The summed E-state index contributed by atoms with van der Waals surface area (Å²) < 4.78 is 11.3. The van der Waals surface area contributed by atoms with Crippen molar-refractivity contribution in [3.05, 3.63) is 29.8 Å². The van der Waals surface area contributed by atoms with Crippen LogP contribution in [0.4, 0.5) is 0 Å². The van der Waals surface area contributed by atoms with Crippen LogP contribution in [0.1, 0.15) is 66.9 Å². The van der Waals surface area contributed by atoms with Crippen LogP contribution < -0.4 is 4.74 Å². The molecule has 0 heterocycles. The van der Waals surface area contributed by atoms with Gasteiger partial charge in [-0.05, 0) is 44.6 Å². The Kier molecular flexibility index (Phi) is 7.52. The van der Waals surface area contributed by atoms with Crippen LogP contribution in [0.3, 0.4) is 0 Å². The molecule has 0 aliphatic heterocycles. The van der Waals surface area contributed by atoms with Gasteiger partial charge in [-0.3, -0.25) is 4.79 Å². The first-order chi connectivity index (χ1) is 11.7. The molecule has 3 nitrogen and oxygen atoms in total. The van der Waals surface area contributed by atoms with Gasteiger partial charge in [0.15, 0.2) is 0 Å². The molecule has 0 saturated carbocycles. The number of methoxy groups -OCH3 is 1. The number of carbonyl (C=O) groups excluding carboxylic acids is 1. The first-order valence-electron chi connectivity index (χ1n) is 9.51. The van der Waals surface area contributed by atoms with E-state index in [9.17, 15) is 4.79 Å². The second-order valence-electron chi connectivity index (χ2n) is 7.83. The highest BCUT2D eigenvalue weighted by molar-refractivity contribution is 5.79. The zero-order valence-corrected chi connectivity index (χ0v) is 17.3. The van der Waals surface area contributed by atoms with Crippen LogP contribution in [0.2, 0.25) is 0 Å². The largest absolute Gasteiger partial charge is 0.496 e. The SMILES string of the molecule is CCOC(=O)C(C)(CC(C)C)C(CC)(c1ccccc1OC)C(C)C. The van der Waals surface area contributed by atoms with E-state index in [0.717, 1.165) is 24.2 Å². The number of hydrogen-bond acceptors (Lipinski definition) is 3. The molecular weight excluding hydrogens is 312 g/mol. The second kappa shape index (κ2) is 8.73. The molecule has 3 heteroatoms. The van der Waals surface area contributed by atoms with Crippen LogP contribution in [0, 0.1) is 17.3 Å². The normalized spacial score (nSPS) is 16.4. The molecular formula is C22H36O3. The fourth-order valence-corrected chi connectivity index (χ4v) is 4.80. The molecule has 1 aromatic rings. The number of para-hydroxylation sites is 1. The third-order valence-electron chi connectivity index (χ3n) is 5.66. The average Bonchev–Trinajstić information content (AvgIpc) is 2.55. The van der Waals surface area contributed by atoms with Gasteiger partial charge >= 0.3 is 5.97 Å². The zero-order valence-electron chi connectivity index (χ0n) is 17.3. The number of hydrogen-bond donors (Lipinski definition) is 0. The molecule has 0 saturated heterocycles. The molecule has 1 aromatic carbocycles. The quantitative estimate of drug-likeness (QED) is 0.544. The number of esters is 1. The predicted octanol–water partition coefficient (Wildman–Crippen LogP) is 5.61. The molecule has 1 rings (SSSR count). The summed E-state index contributed by atoms with van der Waals surface area (Å²) in [6.45, 7) is 15.3. The minimum Gasteiger partial charge on any atom is -0.496 e. The molecule has 142 valence electrons. The molecule has 0 bridgehead atoms. The van der Waals surface area contributed by atoms with E-state index in [4.69, 9.17) is 9.47 Å². The summed E-state index contributed by atoms with van der Waals surface area (Å²) in [5, 5.41) is 0. The van der Waals surface area contributed by atoms with Gasteiger partial charge in [0.2, 0.25) is 0 Å². The Bertz CT molecular complexity index is 564. The average molecular weight is 349 g/mol. The Morgan fingerprint density at radius 3 is 2.16 bits per heavy atom. The fourth-order valence-electron chi connectivity index (χ4n) is 4.80. The van der Waals surface area contributed by atoms with Crippen LogP contribution in [0.15, 0.2) is 24.3 Å². The van der Waals surface area contributed by atoms with Crippen molar-refractivity contribution < 1.29 is 14.3 Å². The van der Waals surface area contributed by atoms with Crippen molar-refractivity contribution in [3.8, 4) is 5.75 Å². The molecule has 0 N–H and O–H groups in total. The third kappa shape index (κ3) is 3.86. The molecule has 0 aromatic heterocycles. The van der Waals surface area contributed by atoms with Crippen molar-refractivity contribution >= 4 is 5.97 Å². The predicted molar refractivity (Wildman–Crippen MR) is 104 cm³/mol. The lowest BCUT2D eigenvalue weighted by Crippen LogP contribution is -2.53. The topological polar surface area (TPSA) is 35.5 Å². The Balaban J connectivity index is 3.76. The van der Waals surface area contributed by atoms with Gasteiger partial charge < -0.3 is 9.47 Å². The smallest absolute Gasteiger partial charge is 0.312 e. The van der Waals surface area contributed by atoms with E-state index in [-0.39, 0.29) is 17.3 Å². The highest BCUT2D eigenvalue weighted by atomic mass is 16.5. The van der Waals surface area contributed by atoms with Crippen molar-refractivity contribution in [2.45, 2.75) is 66.7 Å². The standard InChI is InChI=1S/C22H36O3/c1-9-22(17(5)6,18-13-11-12-14-19(18)24-8)21(7,15-16(3)4)20(23)25-10-2/h11-14,16-17H,9-10,15H2,1-8H3. The summed E-state index contributed by atoms with van der Waals surface area (Å²) in [4.78, 5) is 13.2. The van der Waals surface area contributed by atoms with Gasteiger partial charge in [0.05, 0.1) is 19.1 Å². The maximum atomic E-state index is 13.2. The molecule has 0 aliphatic rings. The monoisotopic (exact) mass is 348 g/mol. The lowest BCUT2D eigenvalue weighted by atomic mass is 9.52. The van der Waals surface area contributed by atoms with Crippen LogP contribution >= 0.6 is 0 Å². The number of rotatable bonds is 9. The Morgan fingerprint density at radius 2 is 1.72 bits per heavy atom. The highest BCUT2D eigenvalue weighted by Gasteiger charge is 2.56. The van der Waals surface area contributed by atoms with Crippen LogP contribution in [0.25, 0.3) is 0 Å². The summed E-state index contributed by atoms with van der Waals surface area (Å²) in [5.41, 5.74) is 0.108. The van der Waals surface area contributed by atoms with Gasteiger partial charge in [-0.2, -0.15) is 0 Å². The minimum absolute atomic E-state index is 0.106. The van der Waals surface area contributed by atoms with Crippen molar-refractivity contribution in [1.29, 1.82) is 0 Å². The van der Waals surface area contributed by atoms with Crippen molar-refractivity contribution in [2.24, 2.45) is 17.3 Å². The Hall–Kier alpha value is -1.51. The van der Waals surface area contributed by atoms with E-state index >= 15 is 0 Å². The summed E-state index contributed by atoms with van der Waals surface area (Å²) in [6, 6.07) is 8.11. The van der Waals surface area contributed by atoms with E-state index in [0.29, 0.717) is 12.5 Å². The fraction of sp³-hybridized carbons (Fsp3) is 0.682. The minimum atomic E-state index is -0.630.